The fourth-order valence-corrected chi connectivity index (χ4v) is 3.32. The van der Waals surface area contributed by atoms with Gasteiger partial charge in [-0.25, -0.2) is 0 Å². The van der Waals surface area contributed by atoms with E-state index in [1.165, 1.54) is 0 Å². The number of Topliss-reactive ketones (excluding diaryl/α,β-unsaturated/α-hetero) is 1. The Balaban J connectivity index is 1.99. The largest absolute Gasteiger partial charge is 0.296 e. The summed E-state index contributed by atoms with van der Waals surface area (Å²) in [7, 11) is 0. The summed E-state index contributed by atoms with van der Waals surface area (Å²) in [6, 6.07) is 0. The molecule has 2 rings (SSSR count). The Hall–Kier alpha value is -0.150. The van der Waals surface area contributed by atoms with Gasteiger partial charge in [-0.2, -0.15) is 0 Å². The van der Waals surface area contributed by atoms with E-state index in [1.54, 1.807) is 23.5 Å². The Morgan fingerprint density at radius 2 is 1.58 bits per heavy atom. The highest BCUT2D eigenvalue weighted by Crippen LogP contribution is 2.28. The number of thioether (sulfide) groups is 2. The van der Waals surface area contributed by atoms with Gasteiger partial charge in [-0.05, 0) is 0 Å². The SMILES string of the molecule is O=C(C1C=CCS1)C1C=CCS1. The molecule has 2 heterocycles. The Morgan fingerprint density at radius 1 is 1.08 bits per heavy atom. The van der Waals surface area contributed by atoms with Crippen LogP contribution in [-0.4, -0.2) is 27.8 Å². The highest BCUT2D eigenvalue weighted by molar-refractivity contribution is 8.02. The molecule has 2 aliphatic heterocycles. The topological polar surface area (TPSA) is 17.1 Å². The lowest BCUT2D eigenvalue weighted by atomic mass is 10.2. The second kappa shape index (κ2) is 3.71. The first-order valence-electron chi connectivity index (χ1n) is 3.98. The highest BCUT2D eigenvalue weighted by atomic mass is 32.2. The molecule has 3 heteroatoms. The summed E-state index contributed by atoms with van der Waals surface area (Å²) >= 11 is 3.46. The molecule has 0 saturated heterocycles. The van der Waals surface area contributed by atoms with Crippen LogP contribution in [0.25, 0.3) is 0 Å². The molecule has 0 aromatic rings. The van der Waals surface area contributed by atoms with Gasteiger partial charge in [-0.3, -0.25) is 4.79 Å². The Bertz CT molecular complexity index is 221. The fourth-order valence-electron chi connectivity index (χ4n) is 1.30. The van der Waals surface area contributed by atoms with Gasteiger partial charge >= 0.3 is 0 Å². The van der Waals surface area contributed by atoms with Crippen molar-refractivity contribution in [3.8, 4) is 0 Å². The molecular formula is C9H10OS2. The van der Waals surface area contributed by atoms with E-state index in [9.17, 15) is 4.79 Å². The number of hydrogen-bond donors (Lipinski definition) is 0. The van der Waals surface area contributed by atoms with Crippen molar-refractivity contribution in [2.75, 3.05) is 11.5 Å². The molecule has 2 atom stereocenters. The quantitative estimate of drug-likeness (QED) is 0.631. The van der Waals surface area contributed by atoms with Gasteiger partial charge in [-0.15, -0.1) is 23.5 Å². The minimum Gasteiger partial charge on any atom is -0.296 e. The van der Waals surface area contributed by atoms with Crippen LogP contribution >= 0.6 is 23.5 Å². The molecule has 0 amide bonds. The molecule has 0 N–H and O–H groups in total. The molecule has 0 radical (unpaired) electrons. The number of carbonyl (C=O) groups excluding carboxylic acids is 1. The predicted molar refractivity (Wildman–Crippen MR) is 55.8 cm³/mol. The minimum atomic E-state index is 0.130. The van der Waals surface area contributed by atoms with Crippen molar-refractivity contribution < 1.29 is 4.79 Å². The van der Waals surface area contributed by atoms with Gasteiger partial charge in [0.2, 0.25) is 0 Å². The van der Waals surface area contributed by atoms with Gasteiger partial charge < -0.3 is 0 Å². The third-order valence-corrected chi connectivity index (χ3v) is 4.19. The summed E-state index contributed by atoms with van der Waals surface area (Å²) in [5, 5.41) is 0.260. The normalized spacial score (nSPS) is 33.0. The van der Waals surface area contributed by atoms with Crippen LogP contribution in [0.2, 0.25) is 0 Å². The van der Waals surface area contributed by atoms with Crippen LogP contribution in [0.1, 0.15) is 0 Å². The lowest BCUT2D eigenvalue weighted by Crippen LogP contribution is -2.22. The minimum absolute atomic E-state index is 0.130. The first-order chi connectivity index (χ1) is 5.88. The molecular weight excluding hydrogens is 188 g/mol. The molecule has 0 bridgehead atoms. The average molecular weight is 198 g/mol. The second-order valence-corrected chi connectivity index (χ2v) is 5.12. The summed E-state index contributed by atoms with van der Waals surface area (Å²) in [6.07, 6.45) is 8.21. The van der Waals surface area contributed by atoms with Gasteiger partial charge in [-0.1, -0.05) is 24.3 Å². The number of carbonyl (C=O) groups is 1. The molecule has 1 nitrogen and oxygen atoms in total. The van der Waals surface area contributed by atoms with Crippen molar-refractivity contribution in [3.63, 3.8) is 0 Å². The molecule has 2 aliphatic rings. The molecule has 0 aromatic carbocycles. The van der Waals surface area contributed by atoms with Gasteiger partial charge in [0.15, 0.2) is 5.78 Å². The highest BCUT2D eigenvalue weighted by Gasteiger charge is 2.27. The zero-order chi connectivity index (χ0) is 8.39. The Labute approximate surface area is 80.7 Å². The van der Waals surface area contributed by atoms with Crippen LogP contribution in [0, 0.1) is 0 Å². The van der Waals surface area contributed by atoms with Crippen LogP contribution in [0.4, 0.5) is 0 Å². The van der Waals surface area contributed by atoms with Crippen molar-refractivity contribution in [1.82, 2.24) is 0 Å². The summed E-state index contributed by atoms with van der Waals surface area (Å²) < 4.78 is 0. The van der Waals surface area contributed by atoms with E-state index in [-0.39, 0.29) is 10.5 Å². The van der Waals surface area contributed by atoms with Crippen molar-refractivity contribution >= 4 is 29.3 Å². The molecule has 0 aliphatic carbocycles. The van der Waals surface area contributed by atoms with E-state index in [1.807, 2.05) is 12.2 Å². The Kier molecular flexibility index (Phi) is 2.61. The molecule has 64 valence electrons. The summed E-state index contributed by atoms with van der Waals surface area (Å²) in [6.45, 7) is 0. The lowest BCUT2D eigenvalue weighted by Gasteiger charge is -2.09. The van der Waals surface area contributed by atoms with Crippen molar-refractivity contribution in [1.29, 1.82) is 0 Å². The molecule has 0 fully saturated rings. The van der Waals surface area contributed by atoms with Crippen LogP contribution in [-0.2, 0) is 4.79 Å². The standard InChI is InChI=1S/C9H10OS2/c10-9(7-3-1-5-11-7)8-4-2-6-12-8/h1-4,7-8H,5-6H2. The predicted octanol–water partition coefficient (Wildman–Crippen LogP) is 1.90. The molecule has 12 heavy (non-hydrogen) atoms. The fraction of sp³-hybridized carbons (Fsp3) is 0.444. The zero-order valence-corrected chi connectivity index (χ0v) is 8.24. The van der Waals surface area contributed by atoms with E-state index < -0.39 is 0 Å². The third-order valence-electron chi connectivity index (χ3n) is 1.93. The Morgan fingerprint density at radius 3 is 1.92 bits per heavy atom. The maximum atomic E-state index is 11.7. The van der Waals surface area contributed by atoms with Gasteiger partial charge in [0.05, 0.1) is 10.5 Å². The smallest absolute Gasteiger partial charge is 0.166 e. The molecule has 0 aromatic heterocycles. The lowest BCUT2D eigenvalue weighted by molar-refractivity contribution is -0.116. The zero-order valence-electron chi connectivity index (χ0n) is 6.60. The number of ketones is 1. The number of rotatable bonds is 2. The van der Waals surface area contributed by atoms with Crippen LogP contribution in [0.3, 0.4) is 0 Å². The second-order valence-electron chi connectivity index (χ2n) is 2.77. The number of hydrogen-bond acceptors (Lipinski definition) is 3. The summed E-state index contributed by atoms with van der Waals surface area (Å²) in [5.74, 6) is 2.36. The average Bonchev–Trinajstić information content (AvgIpc) is 2.77. The van der Waals surface area contributed by atoms with E-state index in [0.717, 1.165) is 11.5 Å². The van der Waals surface area contributed by atoms with Crippen molar-refractivity contribution in [2.24, 2.45) is 0 Å². The van der Waals surface area contributed by atoms with Gasteiger partial charge in [0.1, 0.15) is 0 Å². The van der Waals surface area contributed by atoms with E-state index >= 15 is 0 Å². The third kappa shape index (κ3) is 1.62. The maximum Gasteiger partial charge on any atom is 0.166 e. The van der Waals surface area contributed by atoms with E-state index in [0.29, 0.717) is 5.78 Å². The van der Waals surface area contributed by atoms with Crippen molar-refractivity contribution in [2.45, 2.75) is 10.5 Å². The summed E-state index contributed by atoms with van der Waals surface area (Å²) in [4.78, 5) is 11.7. The molecule has 0 saturated carbocycles. The monoisotopic (exact) mass is 198 g/mol. The first kappa shape index (κ1) is 8.45. The van der Waals surface area contributed by atoms with Crippen LogP contribution in [0.15, 0.2) is 24.3 Å². The van der Waals surface area contributed by atoms with E-state index in [4.69, 9.17) is 0 Å². The molecule has 2 unspecified atom stereocenters. The van der Waals surface area contributed by atoms with Gasteiger partial charge in [0, 0.05) is 11.5 Å². The summed E-state index contributed by atoms with van der Waals surface area (Å²) in [5.41, 5.74) is 0. The van der Waals surface area contributed by atoms with Crippen molar-refractivity contribution in [3.05, 3.63) is 24.3 Å². The maximum absolute atomic E-state index is 11.7. The first-order valence-corrected chi connectivity index (χ1v) is 6.08. The van der Waals surface area contributed by atoms with Crippen LogP contribution in [0.5, 0.6) is 0 Å². The van der Waals surface area contributed by atoms with E-state index in [2.05, 4.69) is 12.2 Å². The van der Waals surface area contributed by atoms with Gasteiger partial charge in [0.25, 0.3) is 0 Å². The molecule has 0 spiro atoms. The van der Waals surface area contributed by atoms with Crippen LogP contribution < -0.4 is 0 Å².